The summed E-state index contributed by atoms with van der Waals surface area (Å²) in [6.45, 7) is 0. The van der Waals surface area contributed by atoms with Crippen LogP contribution in [0.5, 0.6) is 0 Å². The third-order valence-electron chi connectivity index (χ3n) is 4.46. The van der Waals surface area contributed by atoms with Crippen molar-refractivity contribution in [2.45, 2.75) is 18.8 Å². The maximum Gasteiger partial charge on any atom is 0.252 e. The molecule has 116 valence electrons. The smallest absolute Gasteiger partial charge is 0.252 e. The molecule has 1 aromatic carbocycles. The van der Waals surface area contributed by atoms with Crippen molar-refractivity contribution in [3.8, 4) is 22.4 Å². The summed E-state index contributed by atoms with van der Waals surface area (Å²) in [5.74, 6) is 1.32. The van der Waals surface area contributed by atoms with Crippen LogP contribution in [0.1, 0.15) is 24.3 Å². The van der Waals surface area contributed by atoms with E-state index in [1.54, 1.807) is 4.52 Å². The Morgan fingerprint density at radius 2 is 1.92 bits per heavy atom. The second kappa shape index (κ2) is 5.23. The van der Waals surface area contributed by atoms with Crippen molar-refractivity contribution in [1.29, 1.82) is 0 Å². The molecule has 0 radical (unpaired) electrons. The van der Waals surface area contributed by atoms with Gasteiger partial charge < -0.3 is 0 Å². The Bertz CT molecular complexity index is 1030. The van der Waals surface area contributed by atoms with Gasteiger partial charge in [-0.25, -0.2) is 9.50 Å². The average Bonchev–Trinajstić information content (AvgIpc) is 3.39. The van der Waals surface area contributed by atoms with Gasteiger partial charge in [-0.2, -0.15) is 10.1 Å². The second-order valence-corrected chi connectivity index (χ2v) is 6.15. The van der Waals surface area contributed by atoms with Crippen molar-refractivity contribution in [3.63, 3.8) is 0 Å². The zero-order chi connectivity index (χ0) is 15.9. The van der Waals surface area contributed by atoms with E-state index in [1.807, 2.05) is 24.7 Å². The minimum Gasteiger partial charge on any atom is -0.256 e. The summed E-state index contributed by atoms with van der Waals surface area (Å²) in [6, 6.07) is 12.8. The molecule has 0 amide bonds. The highest BCUT2D eigenvalue weighted by atomic mass is 15.3. The number of rotatable bonds is 3. The Hall–Kier alpha value is -3.08. The Morgan fingerprint density at radius 1 is 0.958 bits per heavy atom. The summed E-state index contributed by atoms with van der Waals surface area (Å²) in [4.78, 5) is 13.1. The third kappa shape index (κ3) is 2.25. The lowest BCUT2D eigenvalue weighted by molar-refractivity contribution is 0.941. The first-order chi connectivity index (χ1) is 11.9. The van der Waals surface area contributed by atoms with Gasteiger partial charge in [0.25, 0.3) is 5.78 Å². The van der Waals surface area contributed by atoms with Crippen LogP contribution in [-0.4, -0.2) is 24.6 Å². The topological polar surface area (TPSA) is 56.0 Å². The molecule has 1 saturated carbocycles. The molecule has 4 aromatic rings. The van der Waals surface area contributed by atoms with Crippen LogP contribution >= 0.6 is 0 Å². The van der Waals surface area contributed by atoms with Crippen LogP contribution in [0.25, 0.3) is 28.2 Å². The zero-order valence-electron chi connectivity index (χ0n) is 13.0. The molecule has 0 saturated heterocycles. The van der Waals surface area contributed by atoms with Gasteiger partial charge in [-0.1, -0.05) is 24.3 Å². The summed E-state index contributed by atoms with van der Waals surface area (Å²) in [6.07, 6.45) is 9.71. The average molecular weight is 313 g/mol. The highest BCUT2D eigenvalue weighted by Crippen LogP contribution is 2.41. The van der Waals surface area contributed by atoms with E-state index in [0.29, 0.717) is 5.78 Å². The quantitative estimate of drug-likeness (QED) is 0.578. The van der Waals surface area contributed by atoms with Gasteiger partial charge in [0, 0.05) is 35.3 Å². The summed E-state index contributed by atoms with van der Waals surface area (Å²) in [7, 11) is 0. The van der Waals surface area contributed by atoms with Crippen LogP contribution < -0.4 is 0 Å². The first kappa shape index (κ1) is 13.4. The molecular weight excluding hydrogens is 298 g/mol. The molecule has 24 heavy (non-hydrogen) atoms. The van der Waals surface area contributed by atoms with Gasteiger partial charge in [0.05, 0.1) is 5.69 Å². The summed E-state index contributed by atoms with van der Waals surface area (Å²) >= 11 is 0. The Labute approximate surface area is 139 Å². The molecule has 1 fully saturated rings. The molecule has 0 bridgehead atoms. The van der Waals surface area contributed by atoms with Crippen molar-refractivity contribution in [3.05, 3.63) is 66.9 Å². The number of nitrogens with zero attached hydrogens (tertiary/aromatic N) is 5. The van der Waals surface area contributed by atoms with E-state index in [2.05, 4.69) is 50.4 Å². The van der Waals surface area contributed by atoms with Crippen LogP contribution in [0.3, 0.4) is 0 Å². The summed E-state index contributed by atoms with van der Waals surface area (Å²) in [5, 5.41) is 4.18. The van der Waals surface area contributed by atoms with Crippen molar-refractivity contribution in [2.75, 3.05) is 0 Å². The Kier molecular flexibility index (Phi) is 2.91. The number of aromatic nitrogens is 5. The Morgan fingerprint density at radius 3 is 2.83 bits per heavy atom. The number of benzene rings is 1. The summed E-state index contributed by atoms with van der Waals surface area (Å²) in [5.41, 5.74) is 5.56. The molecule has 5 rings (SSSR count). The molecule has 0 atom stereocenters. The number of hydrogen-bond acceptors (Lipinski definition) is 4. The molecule has 0 N–H and O–H groups in total. The normalized spacial score (nSPS) is 14.2. The number of pyridine rings is 1. The first-order valence-electron chi connectivity index (χ1n) is 8.09. The van der Waals surface area contributed by atoms with Crippen LogP contribution in [0.4, 0.5) is 0 Å². The fourth-order valence-electron chi connectivity index (χ4n) is 3.08. The van der Waals surface area contributed by atoms with Crippen molar-refractivity contribution < 1.29 is 0 Å². The monoisotopic (exact) mass is 313 g/mol. The van der Waals surface area contributed by atoms with Gasteiger partial charge in [-0.3, -0.25) is 4.98 Å². The van der Waals surface area contributed by atoms with Crippen LogP contribution in [0, 0.1) is 0 Å². The molecule has 1 aliphatic carbocycles. The fourth-order valence-corrected chi connectivity index (χ4v) is 3.08. The van der Waals surface area contributed by atoms with Gasteiger partial charge in [-0.15, -0.1) is 0 Å². The lowest BCUT2D eigenvalue weighted by Crippen LogP contribution is -1.95. The SMILES string of the molecule is c1cc(-c2ncccc2-c2cnc3ncnn3c2)cc(C2CC2)c1. The fraction of sp³-hybridized carbons (Fsp3) is 0.158. The molecule has 0 unspecified atom stereocenters. The van der Waals surface area contributed by atoms with E-state index >= 15 is 0 Å². The van der Waals surface area contributed by atoms with Crippen LogP contribution in [0.15, 0.2) is 61.3 Å². The minimum absolute atomic E-state index is 0.597. The van der Waals surface area contributed by atoms with E-state index in [1.165, 1.54) is 24.7 Å². The predicted octanol–water partition coefficient (Wildman–Crippen LogP) is 3.73. The molecule has 1 aliphatic rings. The largest absolute Gasteiger partial charge is 0.256 e. The molecule has 0 spiro atoms. The second-order valence-electron chi connectivity index (χ2n) is 6.15. The number of hydrogen-bond donors (Lipinski definition) is 0. The van der Waals surface area contributed by atoms with E-state index in [4.69, 9.17) is 0 Å². The highest BCUT2D eigenvalue weighted by molar-refractivity contribution is 5.80. The van der Waals surface area contributed by atoms with Gasteiger partial charge in [0.15, 0.2) is 0 Å². The standard InChI is InChI=1S/C19H15N5/c1-3-14(13-6-7-13)9-15(4-1)18-17(5-2-8-20-18)16-10-21-19-22-12-23-24(19)11-16/h1-5,8-13H,6-7H2. The predicted molar refractivity (Wildman–Crippen MR) is 91.4 cm³/mol. The Balaban J connectivity index is 1.66. The van der Waals surface area contributed by atoms with Gasteiger partial charge in [0.1, 0.15) is 6.33 Å². The lowest BCUT2D eigenvalue weighted by atomic mass is 9.99. The highest BCUT2D eigenvalue weighted by Gasteiger charge is 2.23. The first-order valence-corrected chi connectivity index (χ1v) is 8.09. The van der Waals surface area contributed by atoms with Crippen molar-refractivity contribution >= 4 is 5.78 Å². The van der Waals surface area contributed by atoms with Crippen LogP contribution in [0.2, 0.25) is 0 Å². The molecule has 5 nitrogen and oxygen atoms in total. The van der Waals surface area contributed by atoms with E-state index in [9.17, 15) is 0 Å². The van der Waals surface area contributed by atoms with Crippen LogP contribution in [-0.2, 0) is 0 Å². The number of fused-ring (bicyclic) bond motifs is 1. The third-order valence-corrected chi connectivity index (χ3v) is 4.46. The molecular formula is C19H15N5. The maximum atomic E-state index is 4.64. The lowest BCUT2D eigenvalue weighted by Gasteiger charge is -2.10. The van der Waals surface area contributed by atoms with E-state index < -0.39 is 0 Å². The maximum absolute atomic E-state index is 4.64. The van der Waals surface area contributed by atoms with Crippen molar-refractivity contribution in [2.24, 2.45) is 0 Å². The van der Waals surface area contributed by atoms with Crippen molar-refractivity contribution in [1.82, 2.24) is 24.6 Å². The zero-order valence-corrected chi connectivity index (χ0v) is 13.0. The molecule has 0 aliphatic heterocycles. The van der Waals surface area contributed by atoms with Gasteiger partial charge >= 0.3 is 0 Å². The molecule has 5 heteroatoms. The van der Waals surface area contributed by atoms with E-state index in [-0.39, 0.29) is 0 Å². The molecule has 3 heterocycles. The molecule has 3 aromatic heterocycles. The van der Waals surface area contributed by atoms with E-state index in [0.717, 1.165) is 28.3 Å². The van der Waals surface area contributed by atoms with Gasteiger partial charge in [0.2, 0.25) is 0 Å². The van der Waals surface area contributed by atoms with Gasteiger partial charge in [-0.05, 0) is 36.5 Å². The minimum atomic E-state index is 0.597. The summed E-state index contributed by atoms with van der Waals surface area (Å²) < 4.78 is 1.69.